The van der Waals surface area contributed by atoms with E-state index in [9.17, 15) is 5.11 Å². The number of rotatable bonds is 2. The minimum absolute atomic E-state index is 0.00692. The summed E-state index contributed by atoms with van der Waals surface area (Å²) in [5, 5.41) is 11.1. The molecule has 2 heteroatoms. The molecular formula is C26H35NO. The zero-order valence-corrected chi connectivity index (χ0v) is 17.7. The molecule has 5 rings (SSSR count). The smallest absolute Gasteiger partial charge is 0.0633 e. The van der Waals surface area contributed by atoms with Crippen molar-refractivity contribution in [2.24, 2.45) is 34.5 Å². The van der Waals surface area contributed by atoms with Gasteiger partial charge in [-0.25, -0.2) is 0 Å². The molecule has 28 heavy (non-hydrogen) atoms. The molecule has 2 unspecified atom stereocenters. The monoisotopic (exact) mass is 377 g/mol. The number of aliphatic hydroxyl groups excluding tert-OH is 1. The van der Waals surface area contributed by atoms with Crippen LogP contribution in [0.1, 0.15) is 71.3 Å². The fraction of sp³-hybridized carbons (Fsp3) is 0.654. The maximum absolute atomic E-state index is 11.1. The highest BCUT2D eigenvalue weighted by Gasteiger charge is 2.60. The second-order valence-corrected chi connectivity index (χ2v) is 10.3. The average molecular weight is 378 g/mol. The van der Waals surface area contributed by atoms with Crippen LogP contribution in [0.3, 0.4) is 0 Å². The third-order valence-electron chi connectivity index (χ3n) is 9.35. The molecule has 2 nitrogen and oxygen atoms in total. The molecule has 1 heterocycles. The van der Waals surface area contributed by atoms with E-state index in [4.69, 9.17) is 0 Å². The van der Waals surface area contributed by atoms with Gasteiger partial charge in [0.15, 0.2) is 0 Å². The lowest BCUT2D eigenvalue weighted by Crippen LogP contribution is -2.55. The second kappa shape index (κ2) is 6.55. The largest absolute Gasteiger partial charge is 0.392 e. The molecule has 1 N–H and O–H groups in total. The first-order chi connectivity index (χ1) is 13.5. The van der Waals surface area contributed by atoms with Crippen LogP contribution >= 0.6 is 0 Å². The van der Waals surface area contributed by atoms with E-state index in [-0.39, 0.29) is 16.9 Å². The van der Waals surface area contributed by atoms with Gasteiger partial charge in [0.25, 0.3) is 0 Å². The van der Waals surface area contributed by atoms with Crippen LogP contribution < -0.4 is 0 Å². The Morgan fingerprint density at radius 2 is 2.07 bits per heavy atom. The van der Waals surface area contributed by atoms with Gasteiger partial charge in [-0.1, -0.05) is 44.6 Å². The van der Waals surface area contributed by atoms with Crippen molar-refractivity contribution >= 4 is 5.57 Å². The van der Waals surface area contributed by atoms with E-state index >= 15 is 0 Å². The van der Waals surface area contributed by atoms with Crippen molar-refractivity contribution < 1.29 is 5.11 Å². The molecule has 4 aliphatic rings. The van der Waals surface area contributed by atoms with Gasteiger partial charge in [-0.15, -0.1) is 0 Å². The van der Waals surface area contributed by atoms with Crippen molar-refractivity contribution in [3.8, 4) is 0 Å². The summed E-state index contributed by atoms with van der Waals surface area (Å²) in [5.41, 5.74) is 4.69. The van der Waals surface area contributed by atoms with E-state index in [2.05, 4.69) is 50.0 Å². The fourth-order valence-corrected chi connectivity index (χ4v) is 7.81. The van der Waals surface area contributed by atoms with Gasteiger partial charge in [0.2, 0.25) is 0 Å². The number of hydrogen-bond acceptors (Lipinski definition) is 2. The zero-order chi connectivity index (χ0) is 19.5. The van der Waals surface area contributed by atoms with Gasteiger partial charge in [-0.2, -0.15) is 0 Å². The Balaban J connectivity index is 1.56. The molecular weight excluding hydrogens is 342 g/mol. The molecule has 1 aromatic rings. The van der Waals surface area contributed by atoms with Crippen molar-refractivity contribution in [1.29, 1.82) is 0 Å². The predicted octanol–water partition coefficient (Wildman–Crippen LogP) is 6.03. The minimum atomic E-state index is -0.158. The van der Waals surface area contributed by atoms with Crippen molar-refractivity contribution in [2.45, 2.75) is 71.8 Å². The molecule has 150 valence electrons. The van der Waals surface area contributed by atoms with Crippen LogP contribution in [-0.2, 0) is 0 Å². The van der Waals surface area contributed by atoms with Crippen molar-refractivity contribution in [1.82, 2.24) is 4.98 Å². The number of fused-ring (bicyclic) bond motifs is 5. The van der Waals surface area contributed by atoms with Crippen LogP contribution in [0.25, 0.3) is 5.57 Å². The molecule has 0 bridgehead atoms. The van der Waals surface area contributed by atoms with E-state index < -0.39 is 0 Å². The minimum Gasteiger partial charge on any atom is -0.392 e. The molecule has 4 aliphatic carbocycles. The van der Waals surface area contributed by atoms with Crippen LogP contribution in [0.15, 0.2) is 42.3 Å². The van der Waals surface area contributed by atoms with E-state index in [0.29, 0.717) is 23.7 Å². The van der Waals surface area contributed by atoms with Crippen molar-refractivity contribution in [3.05, 3.63) is 47.8 Å². The number of allylic oxidation sites excluding steroid dienone is 3. The molecule has 0 aromatic carbocycles. The molecule has 0 amide bonds. The van der Waals surface area contributed by atoms with Crippen LogP contribution in [0.2, 0.25) is 0 Å². The lowest BCUT2D eigenvalue weighted by atomic mass is 9.44. The highest BCUT2D eigenvalue weighted by molar-refractivity contribution is 5.72. The summed E-state index contributed by atoms with van der Waals surface area (Å²) < 4.78 is 0. The van der Waals surface area contributed by atoms with Gasteiger partial charge in [0.05, 0.1) is 6.10 Å². The van der Waals surface area contributed by atoms with Crippen LogP contribution in [0, 0.1) is 34.5 Å². The van der Waals surface area contributed by atoms with Gasteiger partial charge in [0, 0.05) is 17.8 Å². The maximum atomic E-state index is 11.1. The van der Waals surface area contributed by atoms with Gasteiger partial charge >= 0.3 is 0 Å². The Hall–Kier alpha value is -1.41. The quantitative estimate of drug-likeness (QED) is 0.638. The second-order valence-electron chi connectivity index (χ2n) is 10.3. The highest BCUT2D eigenvalue weighted by Crippen LogP contribution is 2.67. The molecule has 7 atom stereocenters. The molecule has 0 spiro atoms. The first-order valence-electron chi connectivity index (χ1n) is 11.5. The Kier molecular flexibility index (Phi) is 4.36. The number of aliphatic hydroxyl groups is 1. The van der Waals surface area contributed by atoms with Gasteiger partial charge in [0.1, 0.15) is 0 Å². The highest BCUT2D eigenvalue weighted by atomic mass is 16.3. The van der Waals surface area contributed by atoms with Crippen molar-refractivity contribution in [2.75, 3.05) is 0 Å². The number of aromatic nitrogens is 1. The zero-order valence-electron chi connectivity index (χ0n) is 17.7. The van der Waals surface area contributed by atoms with Crippen LogP contribution in [-0.4, -0.2) is 16.2 Å². The fourth-order valence-electron chi connectivity index (χ4n) is 7.81. The summed E-state index contributed by atoms with van der Waals surface area (Å²) >= 11 is 0. The number of hydrogen-bond donors (Lipinski definition) is 1. The van der Waals surface area contributed by atoms with Crippen LogP contribution in [0.5, 0.6) is 0 Å². The van der Waals surface area contributed by atoms with Crippen LogP contribution in [0.4, 0.5) is 0 Å². The van der Waals surface area contributed by atoms with Crippen molar-refractivity contribution in [3.63, 3.8) is 0 Å². The van der Waals surface area contributed by atoms with E-state index in [0.717, 1.165) is 12.8 Å². The first kappa shape index (κ1) is 18.6. The standard InChI is InChI=1S/C26H35NO/c1-4-17-15-19-8-5-9-23(28)26(19,3)22-12-13-25(2)20(10-11-21(25)24(17)22)18-7-6-14-27-16-18/h6-7,10,14-17,21-24,28H,4-5,8-9,11-13H2,1-3H3/t17?,21-,22-,23?,24-,25+,26-/m0/s1. The summed E-state index contributed by atoms with van der Waals surface area (Å²) in [4.78, 5) is 4.40. The summed E-state index contributed by atoms with van der Waals surface area (Å²) in [6, 6.07) is 4.31. The van der Waals surface area contributed by atoms with Gasteiger partial charge in [-0.3, -0.25) is 4.98 Å². The SMILES string of the molecule is CCC1C=C2CCCC(O)[C@]2(C)[C@H]2CC[C@]3(C)C(c4cccnc4)=CC[C@H]3[C@H]12. The van der Waals surface area contributed by atoms with E-state index in [1.54, 1.807) is 5.57 Å². The molecule has 2 fully saturated rings. The Labute approximate surface area is 170 Å². The van der Waals surface area contributed by atoms with E-state index in [1.807, 2.05) is 12.4 Å². The average Bonchev–Trinajstić information content (AvgIpc) is 3.06. The third-order valence-corrected chi connectivity index (χ3v) is 9.35. The summed E-state index contributed by atoms with van der Waals surface area (Å²) in [5.74, 6) is 2.68. The Morgan fingerprint density at radius 1 is 1.21 bits per heavy atom. The first-order valence-corrected chi connectivity index (χ1v) is 11.5. The molecule has 0 saturated heterocycles. The number of pyridine rings is 1. The Bertz CT molecular complexity index is 811. The van der Waals surface area contributed by atoms with E-state index in [1.165, 1.54) is 43.2 Å². The summed E-state index contributed by atoms with van der Waals surface area (Å²) in [6.45, 7) is 7.29. The molecule has 0 radical (unpaired) electrons. The summed E-state index contributed by atoms with van der Waals surface area (Å²) in [7, 11) is 0. The normalized spacial score (nSPS) is 44.8. The Morgan fingerprint density at radius 3 is 2.82 bits per heavy atom. The molecule has 1 aromatic heterocycles. The lowest BCUT2D eigenvalue weighted by Gasteiger charge is -2.60. The predicted molar refractivity (Wildman–Crippen MR) is 114 cm³/mol. The molecule has 2 saturated carbocycles. The molecule has 0 aliphatic heterocycles. The topological polar surface area (TPSA) is 33.1 Å². The summed E-state index contributed by atoms with van der Waals surface area (Å²) in [6.07, 6.45) is 17.2. The van der Waals surface area contributed by atoms with Gasteiger partial charge < -0.3 is 5.11 Å². The van der Waals surface area contributed by atoms with Gasteiger partial charge in [-0.05, 0) is 91.2 Å². The lowest BCUT2D eigenvalue weighted by molar-refractivity contribution is -0.0899. The third kappa shape index (κ3) is 2.39. The maximum Gasteiger partial charge on any atom is 0.0633 e. The number of nitrogens with zero attached hydrogens (tertiary/aromatic N) is 1.